The molecule has 2 N–H and O–H groups in total. The maximum atomic E-state index is 11.5. The average molecular weight is 343 g/mol. The van der Waals surface area contributed by atoms with Crippen molar-refractivity contribution < 1.29 is 9.90 Å². The molecular weight excluding hydrogens is 324 g/mol. The van der Waals surface area contributed by atoms with Crippen LogP contribution in [0.4, 0.5) is 11.4 Å². The minimum atomic E-state index is 0.0117. The molecule has 2 aromatic carbocycles. The first kappa shape index (κ1) is 15.5. The van der Waals surface area contributed by atoms with Gasteiger partial charge in [0.25, 0.3) is 0 Å². The number of anilines is 2. The lowest BCUT2D eigenvalue weighted by molar-refractivity contribution is -0.115. The Morgan fingerprint density at radius 2 is 2.04 bits per heavy atom. The van der Waals surface area contributed by atoms with Gasteiger partial charge in [0, 0.05) is 23.5 Å². The largest absolute Gasteiger partial charge is 0.394 e. The van der Waals surface area contributed by atoms with Crippen LogP contribution in [0.5, 0.6) is 0 Å². The fourth-order valence-electron chi connectivity index (χ4n) is 3.67. The molecule has 24 heavy (non-hydrogen) atoms. The van der Waals surface area contributed by atoms with E-state index in [1.54, 1.807) is 0 Å². The van der Waals surface area contributed by atoms with Crippen LogP contribution in [0.1, 0.15) is 18.4 Å². The van der Waals surface area contributed by atoms with Crippen molar-refractivity contribution in [3.05, 3.63) is 47.0 Å². The first-order valence-electron chi connectivity index (χ1n) is 8.26. The number of aliphatic hydroxyl groups is 1. The van der Waals surface area contributed by atoms with Gasteiger partial charge in [-0.05, 0) is 48.2 Å². The third kappa shape index (κ3) is 2.66. The molecule has 0 bridgehead atoms. The van der Waals surface area contributed by atoms with E-state index in [1.165, 1.54) is 0 Å². The maximum Gasteiger partial charge on any atom is 0.228 e. The van der Waals surface area contributed by atoms with E-state index in [0.29, 0.717) is 11.4 Å². The highest BCUT2D eigenvalue weighted by Gasteiger charge is 2.24. The molecule has 2 aromatic rings. The van der Waals surface area contributed by atoms with Gasteiger partial charge < -0.3 is 15.3 Å². The van der Waals surface area contributed by atoms with Gasteiger partial charge in [0.15, 0.2) is 0 Å². The second-order valence-corrected chi connectivity index (χ2v) is 6.84. The molecule has 1 amide bonds. The first-order valence-corrected chi connectivity index (χ1v) is 8.64. The molecule has 1 fully saturated rings. The zero-order valence-corrected chi connectivity index (χ0v) is 14.0. The Hall–Kier alpha value is -2.04. The van der Waals surface area contributed by atoms with Crippen molar-refractivity contribution in [2.75, 3.05) is 23.4 Å². The van der Waals surface area contributed by atoms with E-state index in [4.69, 9.17) is 11.6 Å². The molecule has 0 unspecified atom stereocenters. The normalized spacial score (nSPS) is 19.5. The number of halogens is 1. The Balaban J connectivity index is 1.64. The molecule has 0 aromatic heterocycles. The Morgan fingerprint density at radius 3 is 2.79 bits per heavy atom. The Labute approximate surface area is 146 Å². The average Bonchev–Trinajstić information content (AvgIpc) is 3.19. The fraction of sp³-hybridized carbons (Fsp3) is 0.316. The number of rotatable bonds is 3. The molecule has 5 heteroatoms. The number of hydrogen-bond acceptors (Lipinski definition) is 3. The van der Waals surface area contributed by atoms with Crippen LogP contribution in [0.25, 0.3) is 11.1 Å². The van der Waals surface area contributed by atoms with Crippen molar-refractivity contribution in [2.45, 2.75) is 25.3 Å². The van der Waals surface area contributed by atoms with Crippen LogP contribution in [0.15, 0.2) is 36.4 Å². The number of fused-ring (bicyclic) bond motifs is 1. The van der Waals surface area contributed by atoms with E-state index in [9.17, 15) is 9.90 Å². The van der Waals surface area contributed by atoms with Gasteiger partial charge in [0.1, 0.15) is 0 Å². The summed E-state index contributed by atoms with van der Waals surface area (Å²) in [7, 11) is 0. The van der Waals surface area contributed by atoms with Crippen LogP contribution in [0.2, 0.25) is 5.02 Å². The molecule has 1 atom stereocenters. The Morgan fingerprint density at radius 1 is 1.25 bits per heavy atom. The number of aliphatic hydroxyl groups excluding tert-OH is 1. The van der Waals surface area contributed by atoms with Crippen LogP contribution < -0.4 is 10.2 Å². The van der Waals surface area contributed by atoms with Crippen LogP contribution in [-0.2, 0) is 11.2 Å². The summed E-state index contributed by atoms with van der Waals surface area (Å²) in [4.78, 5) is 13.8. The van der Waals surface area contributed by atoms with Gasteiger partial charge in [-0.15, -0.1) is 0 Å². The first-order chi connectivity index (χ1) is 11.7. The van der Waals surface area contributed by atoms with Gasteiger partial charge in [-0.1, -0.05) is 23.7 Å². The highest BCUT2D eigenvalue weighted by molar-refractivity contribution is 6.34. The quantitative estimate of drug-likeness (QED) is 0.898. The summed E-state index contributed by atoms with van der Waals surface area (Å²) in [5.74, 6) is 0.0117. The van der Waals surface area contributed by atoms with E-state index in [1.807, 2.05) is 12.1 Å². The molecule has 2 heterocycles. The molecule has 0 radical (unpaired) electrons. The highest BCUT2D eigenvalue weighted by atomic mass is 35.5. The molecule has 4 rings (SSSR count). The lowest BCUT2D eigenvalue weighted by Gasteiger charge is -2.25. The summed E-state index contributed by atoms with van der Waals surface area (Å²) in [6, 6.07) is 12.3. The van der Waals surface area contributed by atoms with Crippen molar-refractivity contribution >= 4 is 28.9 Å². The van der Waals surface area contributed by atoms with Crippen LogP contribution in [0.3, 0.4) is 0 Å². The fourth-order valence-corrected chi connectivity index (χ4v) is 3.94. The third-order valence-corrected chi connectivity index (χ3v) is 5.23. The van der Waals surface area contributed by atoms with E-state index >= 15 is 0 Å². The van der Waals surface area contributed by atoms with Gasteiger partial charge in [-0.2, -0.15) is 0 Å². The zero-order chi connectivity index (χ0) is 16.7. The van der Waals surface area contributed by atoms with E-state index in [2.05, 4.69) is 34.5 Å². The van der Waals surface area contributed by atoms with E-state index in [0.717, 1.165) is 47.5 Å². The molecule has 2 aliphatic heterocycles. The van der Waals surface area contributed by atoms with Crippen molar-refractivity contribution in [1.29, 1.82) is 0 Å². The minimum Gasteiger partial charge on any atom is -0.394 e. The summed E-state index contributed by atoms with van der Waals surface area (Å²) in [6.07, 6.45) is 2.56. The van der Waals surface area contributed by atoms with E-state index < -0.39 is 0 Å². The smallest absolute Gasteiger partial charge is 0.228 e. The minimum absolute atomic E-state index is 0.0117. The number of nitrogens with zero attached hydrogens (tertiary/aromatic N) is 1. The molecular formula is C19H19ClN2O2. The van der Waals surface area contributed by atoms with Crippen LogP contribution in [0, 0.1) is 0 Å². The summed E-state index contributed by atoms with van der Waals surface area (Å²) >= 11 is 6.41. The van der Waals surface area contributed by atoms with Crippen LogP contribution >= 0.6 is 11.6 Å². The Bertz CT molecular complexity index is 789. The molecule has 1 saturated heterocycles. The molecule has 4 nitrogen and oxygen atoms in total. The Kier molecular flexibility index (Phi) is 3.94. The summed E-state index contributed by atoms with van der Waals surface area (Å²) in [5, 5.41) is 12.9. The molecule has 0 saturated carbocycles. The number of carbonyl (C=O) groups excluding carboxylic acids is 1. The number of hydrogen-bond donors (Lipinski definition) is 2. The number of carbonyl (C=O) groups is 1. The third-order valence-electron chi connectivity index (χ3n) is 4.92. The van der Waals surface area contributed by atoms with Crippen LogP contribution in [-0.4, -0.2) is 30.2 Å². The zero-order valence-electron chi connectivity index (χ0n) is 13.3. The SMILES string of the molecule is O=C1Cc2cc(-c3ccc(N4CCC[C@H]4CO)cc3)c(Cl)cc2N1. The lowest BCUT2D eigenvalue weighted by Crippen LogP contribution is -2.31. The van der Waals surface area contributed by atoms with Gasteiger partial charge in [-0.25, -0.2) is 0 Å². The second kappa shape index (κ2) is 6.11. The predicted molar refractivity (Wildman–Crippen MR) is 96.7 cm³/mol. The van der Waals surface area contributed by atoms with Crippen molar-refractivity contribution in [2.24, 2.45) is 0 Å². The number of amides is 1. The van der Waals surface area contributed by atoms with Gasteiger partial charge in [-0.3, -0.25) is 4.79 Å². The van der Waals surface area contributed by atoms with Crippen molar-refractivity contribution in [3.8, 4) is 11.1 Å². The second-order valence-electron chi connectivity index (χ2n) is 6.43. The van der Waals surface area contributed by atoms with Crippen molar-refractivity contribution in [3.63, 3.8) is 0 Å². The highest BCUT2D eigenvalue weighted by Crippen LogP contribution is 2.36. The molecule has 2 aliphatic rings. The monoisotopic (exact) mass is 342 g/mol. The summed E-state index contributed by atoms with van der Waals surface area (Å²) < 4.78 is 0. The van der Waals surface area contributed by atoms with Crippen molar-refractivity contribution in [1.82, 2.24) is 0 Å². The molecule has 0 spiro atoms. The summed E-state index contributed by atoms with van der Waals surface area (Å²) in [5.41, 5.74) is 4.91. The van der Waals surface area contributed by atoms with Gasteiger partial charge >= 0.3 is 0 Å². The number of benzene rings is 2. The maximum absolute atomic E-state index is 11.5. The number of nitrogens with one attached hydrogen (secondary N) is 1. The molecule has 124 valence electrons. The summed E-state index contributed by atoms with van der Waals surface area (Å²) in [6.45, 7) is 1.18. The standard InChI is InChI=1S/C19H19ClN2O2/c20-17-10-18-13(9-19(24)21-18)8-16(17)12-3-5-14(6-4-12)22-7-1-2-15(22)11-23/h3-6,8,10,15,23H,1-2,7,9,11H2,(H,21,24)/t15-/m0/s1. The van der Waals surface area contributed by atoms with Gasteiger partial charge in [0.2, 0.25) is 5.91 Å². The van der Waals surface area contributed by atoms with E-state index in [-0.39, 0.29) is 18.6 Å². The van der Waals surface area contributed by atoms with Gasteiger partial charge in [0.05, 0.1) is 24.1 Å². The topological polar surface area (TPSA) is 52.6 Å². The molecule has 0 aliphatic carbocycles. The predicted octanol–water partition coefficient (Wildman–Crippen LogP) is 3.46. The lowest BCUT2D eigenvalue weighted by atomic mass is 10.0.